The van der Waals surface area contributed by atoms with E-state index in [4.69, 9.17) is 4.42 Å². The van der Waals surface area contributed by atoms with Crippen LogP contribution < -0.4 is 5.32 Å². The number of nitrogens with zero attached hydrogens (tertiary/aromatic N) is 2. The number of benzene rings is 2. The number of carbonyl (C=O) groups excluding carboxylic acids is 1. The minimum Gasteiger partial charge on any atom is -0.456 e. The molecule has 2 aromatic carbocycles. The van der Waals surface area contributed by atoms with E-state index in [0.717, 1.165) is 29.4 Å². The second kappa shape index (κ2) is 12.1. The summed E-state index contributed by atoms with van der Waals surface area (Å²) in [5.74, 6) is 0.109. The molecule has 7 nitrogen and oxygen atoms in total. The number of alkyl halides is 3. The molecular weight excluding hydrogens is 555 g/mol. The number of furan rings is 1. The van der Waals surface area contributed by atoms with Gasteiger partial charge in [0, 0.05) is 41.0 Å². The number of aliphatic hydroxyl groups excluding tert-OH is 1. The van der Waals surface area contributed by atoms with E-state index in [1.165, 1.54) is 6.07 Å². The van der Waals surface area contributed by atoms with Crippen molar-refractivity contribution in [3.63, 3.8) is 0 Å². The Morgan fingerprint density at radius 3 is 2.66 bits per heavy atom. The van der Waals surface area contributed by atoms with Gasteiger partial charge in [-0.2, -0.15) is 13.2 Å². The molecule has 1 amide bonds. The molecule has 2 N–H and O–H groups in total. The average molecular weight is 586 g/mol. The highest BCUT2D eigenvalue weighted by molar-refractivity contribution is 7.82. The summed E-state index contributed by atoms with van der Waals surface area (Å²) in [5.41, 5.74) is 3.67. The normalized spacial score (nSPS) is 16.2. The van der Waals surface area contributed by atoms with Crippen molar-refractivity contribution >= 4 is 27.9 Å². The molecule has 1 unspecified atom stereocenters. The summed E-state index contributed by atoms with van der Waals surface area (Å²) in [5, 5.41) is 12.7. The number of halogens is 3. The van der Waals surface area contributed by atoms with Crippen molar-refractivity contribution in [1.29, 1.82) is 0 Å². The Bertz CT molecular complexity index is 1550. The van der Waals surface area contributed by atoms with Gasteiger partial charge in [0.2, 0.25) is 0 Å². The minimum absolute atomic E-state index is 0.166. The third kappa shape index (κ3) is 6.37. The molecule has 0 aliphatic carbocycles. The molecular formula is C30H30F3N3O4S. The predicted molar refractivity (Wildman–Crippen MR) is 151 cm³/mol. The highest BCUT2D eigenvalue weighted by Gasteiger charge is 2.37. The van der Waals surface area contributed by atoms with Gasteiger partial charge in [-0.3, -0.25) is 4.79 Å². The van der Waals surface area contributed by atoms with Gasteiger partial charge in [0.05, 0.1) is 22.7 Å². The summed E-state index contributed by atoms with van der Waals surface area (Å²) >= 11 is 0. The largest absolute Gasteiger partial charge is 0.456 e. The van der Waals surface area contributed by atoms with Crippen LogP contribution in [0.4, 0.5) is 13.2 Å². The molecule has 41 heavy (non-hydrogen) atoms. The SMILES string of the molecule is CCCCS(=O)N1Cc2cc(C(=O)NCC(F)(F)F)nc(-c3cccc(-c4cc5ccccc5o4)c3)c2[C@H]1CCO. The lowest BCUT2D eigenvalue weighted by molar-refractivity contribution is -0.123. The number of hydrogen-bond donors (Lipinski definition) is 2. The Balaban J connectivity index is 1.61. The predicted octanol–water partition coefficient (Wildman–Crippen LogP) is 6.16. The molecule has 2 aromatic heterocycles. The number of aliphatic hydroxyl groups is 1. The van der Waals surface area contributed by atoms with Crippen molar-refractivity contribution in [3.05, 3.63) is 77.5 Å². The first-order valence-corrected chi connectivity index (χ1v) is 14.7. The number of amides is 1. The summed E-state index contributed by atoms with van der Waals surface area (Å²) in [6, 6.07) is 17.9. The molecule has 5 rings (SSSR count). The Morgan fingerprint density at radius 2 is 1.93 bits per heavy atom. The summed E-state index contributed by atoms with van der Waals surface area (Å²) in [7, 11) is -1.36. The maximum atomic E-state index is 13.3. The number of carbonyl (C=O) groups is 1. The van der Waals surface area contributed by atoms with Crippen LogP contribution in [0.2, 0.25) is 0 Å². The first-order valence-electron chi connectivity index (χ1n) is 13.4. The van der Waals surface area contributed by atoms with Crippen molar-refractivity contribution in [3.8, 4) is 22.6 Å². The summed E-state index contributed by atoms with van der Waals surface area (Å²) < 4.78 is 59.6. The maximum absolute atomic E-state index is 13.3. The summed E-state index contributed by atoms with van der Waals surface area (Å²) in [4.78, 5) is 17.4. The first-order chi connectivity index (χ1) is 19.7. The van der Waals surface area contributed by atoms with E-state index in [0.29, 0.717) is 33.9 Å². The van der Waals surface area contributed by atoms with Crippen LogP contribution in [0.25, 0.3) is 33.6 Å². The van der Waals surface area contributed by atoms with Crippen LogP contribution >= 0.6 is 0 Å². The average Bonchev–Trinajstić information content (AvgIpc) is 3.56. The number of unbranched alkanes of at least 4 members (excludes halogenated alkanes) is 1. The minimum atomic E-state index is -4.57. The molecule has 216 valence electrons. The summed E-state index contributed by atoms with van der Waals surface area (Å²) in [6.45, 7) is 0.568. The van der Waals surface area contributed by atoms with Gasteiger partial charge in [0.1, 0.15) is 23.6 Å². The fourth-order valence-corrected chi connectivity index (χ4v) is 6.64. The maximum Gasteiger partial charge on any atom is 0.405 e. The molecule has 0 radical (unpaired) electrons. The van der Waals surface area contributed by atoms with Gasteiger partial charge in [-0.25, -0.2) is 13.5 Å². The van der Waals surface area contributed by atoms with E-state index in [2.05, 4.69) is 4.98 Å². The molecule has 3 heterocycles. The zero-order valence-corrected chi connectivity index (χ0v) is 23.2. The number of hydrogen-bond acceptors (Lipinski definition) is 5. The molecule has 1 aliphatic heterocycles. The van der Waals surface area contributed by atoms with Crippen molar-refractivity contribution in [2.24, 2.45) is 0 Å². The van der Waals surface area contributed by atoms with Crippen molar-refractivity contribution in [1.82, 2.24) is 14.6 Å². The number of rotatable bonds is 10. The molecule has 0 bridgehead atoms. The van der Waals surface area contributed by atoms with E-state index in [9.17, 15) is 27.3 Å². The van der Waals surface area contributed by atoms with E-state index >= 15 is 0 Å². The Hall–Kier alpha value is -3.54. The van der Waals surface area contributed by atoms with Crippen LogP contribution in [0.1, 0.15) is 53.8 Å². The van der Waals surface area contributed by atoms with Crippen LogP contribution in [0.3, 0.4) is 0 Å². The van der Waals surface area contributed by atoms with E-state index in [-0.39, 0.29) is 25.3 Å². The number of aromatic nitrogens is 1. The van der Waals surface area contributed by atoms with E-state index in [1.807, 2.05) is 60.8 Å². The molecule has 4 aromatic rings. The second-order valence-electron chi connectivity index (χ2n) is 9.94. The second-order valence-corrected chi connectivity index (χ2v) is 11.5. The van der Waals surface area contributed by atoms with Crippen LogP contribution in [0, 0.1) is 0 Å². The molecule has 0 spiro atoms. The van der Waals surface area contributed by atoms with Crippen LogP contribution in [-0.4, -0.2) is 49.6 Å². The standard InChI is InChI=1S/C30H30F3N3O4S/c1-2-3-13-41(39)36-17-22-15-23(29(38)34-18-30(31,32)33)35-28(27(22)24(36)11-12-37)21-9-6-8-19(14-21)26-16-20-7-4-5-10-25(20)40-26/h4-10,14-16,24,37H,2-3,11-13,17-18H2,1H3,(H,34,38)/t24-,41?/m1/s1. The lowest BCUT2D eigenvalue weighted by atomic mass is 9.95. The Morgan fingerprint density at radius 1 is 1.15 bits per heavy atom. The Kier molecular flexibility index (Phi) is 8.58. The van der Waals surface area contributed by atoms with Crippen LogP contribution in [-0.2, 0) is 17.5 Å². The molecule has 1 aliphatic rings. The number of nitrogens with one attached hydrogen (secondary N) is 1. The number of fused-ring (bicyclic) bond motifs is 2. The monoisotopic (exact) mass is 585 g/mol. The van der Waals surface area contributed by atoms with Gasteiger partial charge in [-0.05, 0) is 42.7 Å². The highest BCUT2D eigenvalue weighted by Crippen LogP contribution is 2.43. The Labute approximate surface area is 238 Å². The highest BCUT2D eigenvalue weighted by atomic mass is 32.2. The third-order valence-corrected chi connectivity index (χ3v) is 8.56. The number of pyridine rings is 1. The first kappa shape index (κ1) is 29.0. The van der Waals surface area contributed by atoms with Gasteiger partial charge < -0.3 is 14.8 Å². The zero-order valence-electron chi connectivity index (χ0n) is 22.4. The molecule has 0 saturated heterocycles. The third-order valence-electron chi connectivity index (χ3n) is 7.02. The van der Waals surface area contributed by atoms with Crippen molar-refractivity contribution in [2.45, 2.75) is 44.9 Å². The molecule has 2 atom stereocenters. The quantitative estimate of drug-likeness (QED) is 0.233. The van der Waals surface area contributed by atoms with Gasteiger partial charge in [0.25, 0.3) is 5.91 Å². The smallest absolute Gasteiger partial charge is 0.405 e. The molecule has 11 heteroatoms. The van der Waals surface area contributed by atoms with Gasteiger partial charge in [-0.15, -0.1) is 0 Å². The van der Waals surface area contributed by atoms with Gasteiger partial charge in [0.15, 0.2) is 0 Å². The van der Waals surface area contributed by atoms with Crippen LogP contribution in [0.5, 0.6) is 0 Å². The van der Waals surface area contributed by atoms with E-state index < -0.39 is 35.7 Å². The van der Waals surface area contributed by atoms with Crippen molar-refractivity contribution in [2.75, 3.05) is 18.9 Å². The lowest BCUT2D eigenvalue weighted by Crippen LogP contribution is -2.34. The van der Waals surface area contributed by atoms with Crippen molar-refractivity contribution < 1.29 is 31.7 Å². The van der Waals surface area contributed by atoms with Gasteiger partial charge in [-0.1, -0.05) is 49.7 Å². The zero-order chi connectivity index (χ0) is 29.1. The molecule has 0 saturated carbocycles. The lowest BCUT2D eigenvalue weighted by Gasteiger charge is -2.24. The fraction of sp³-hybridized carbons (Fsp3) is 0.333. The fourth-order valence-electron chi connectivity index (χ4n) is 5.09. The summed E-state index contributed by atoms with van der Waals surface area (Å²) in [6.07, 6.45) is -2.68. The van der Waals surface area contributed by atoms with Gasteiger partial charge >= 0.3 is 6.18 Å². The topological polar surface area (TPSA) is 95.7 Å². The van der Waals surface area contributed by atoms with Crippen LogP contribution in [0.15, 0.2) is 65.1 Å². The number of para-hydroxylation sites is 1. The molecule has 0 fully saturated rings. The van der Waals surface area contributed by atoms with E-state index in [1.54, 1.807) is 10.4 Å².